The van der Waals surface area contributed by atoms with Gasteiger partial charge in [0.25, 0.3) is 0 Å². The highest BCUT2D eigenvalue weighted by molar-refractivity contribution is 5.68. The minimum absolute atomic E-state index is 0.0186. The minimum Gasteiger partial charge on any atom is -0.444 e. The van der Waals surface area contributed by atoms with Crippen LogP contribution in [0.5, 0.6) is 0 Å². The van der Waals surface area contributed by atoms with E-state index in [1.54, 1.807) is 4.90 Å². The van der Waals surface area contributed by atoms with Gasteiger partial charge < -0.3 is 15.0 Å². The van der Waals surface area contributed by atoms with E-state index in [0.717, 1.165) is 12.8 Å². The van der Waals surface area contributed by atoms with Gasteiger partial charge in [0.05, 0.1) is 6.04 Å². The van der Waals surface area contributed by atoms with E-state index in [1.165, 1.54) is 0 Å². The summed E-state index contributed by atoms with van der Waals surface area (Å²) in [7, 11) is 0. The molecule has 1 aliphatic heterocycles. The van der Waals surface area contributed by atoms with E-state index in [-0.39, 0.29) is 6.04 Å². The molecule has 1 N–H and O–H groups in total. The summed E-state index contributed by atoms with van der Waals surface area (Å²) in [4.78, 5) is 23.5. The standard InChI is InChI=1S/C10H18N2O3/c1-10(2,3)15-9(14)11-8-4-5-12(6-8)7-13/h7-8H,4-6H2,1-3H3,(H,11,14)/t8-/m1/s1. The predicted octanol–water partition coefficient (Wildman–Crippen LogP) is 0.742. The van der Waals surface area contributed by atoms with Crippen LogP contribution in [0.25, 0.3) is 0 Å². The zero-order chi connectivity index (χ0) is 11.5. The van der Waals surface area contributed by atoms with E-state index in [2.05, 4.69) is 5.32 Å². The predicted molar refractivity (Wildman–Crippen MR) is 55.4 cm³/mol. The fourth-order valence-corrected chi connectivity index (χ4v) is 1.48. The Bertz CT molecular complexity index is 248. The molecule has 0 radical (unpaired) electrons. The number of likely N-dealkylation sites (tertiary alicyclic amines) is 1. The van der Waals surface area contributed by atoms with E-state index < -0.39 is 11.7 Å². The van der Waals surface area contributed by atoms with E-state index in [4.69, 9.17) is 4.74 Å². The number of amides is 2. The van der Waals surface area contributed by atoms with Crippen LogP contribution < -0.4 is 5.32 Å². The third-order valence-corrected chi connectivity index (χ3v) is 2.09. The Hall–Kier alpha value is -1.26. The number of carbonyl (C=O) groups is 2. The van der Waals surface area contributed by atoms with Gasteiger partial charge in [-0.25, -0.2) is 4.79 Å². The molecule has 0 aliphatic carbocycles. The van der Waals surface area contributed by atoms with Crippen LogP contribution in [0.3, 0.4) is 0 Å². The first-order valence-corrected chi connectivity index (χ1v) is 5.09. The Balaban J connectivity index is 2.31. The zero-order valence-electron chi connectivity index (χ0n) is 9.45. The maximum absolute atomic E-state index is 11.4. The van der Waals surface area contributed by atoms with Gasteiger partial charge in [-0.3, -0.25) is 4.79 Å². The number of hydrogen-bond donors (Lipinski definition) is 1. The number of nitrogens with one attached hydrogen (secondary N) is 1. The molecule has 0 aromatic carbocycles. The highest BCUT2D eigenvalue weighted by Crippen LogP contribution is 2.10. The summed E-state index contributed by atoms with van der Waals surface area (Å²) in [6, 6.07) is 0.0186. The van der Waals surface area contributed by atoms with Crippen molar-refractivity contribution in [2.45, 2.75) is 38.8 Å². The van der Waals surface area contributed by atoms with E-state index in [9.17, 15) is 9.59 Å². The van der Waals surface area contributed by atoms with Gasteiger partial charge in [-0.2, -0.15) is 0 Å². The Morgan fingerprint density at radius 1 is 1.53 bits per heavy atom. The van der Waals surface area contributed by atoms with Gasteiger partial charge in [-0.05, 0) is 27.2 Å². The summed E-state index contributed by atoms with van der Waals surface area (Å²) >= 11 is 0. The lowest BCUT2D eigenvalue weighted by atomic mass is 10.2. The quantitative estimate of drug-likeness (QED) is 0.690. The number of nitrogens with zero attached hydrogens (tertiary/aromatic N) is 1. The molecule has 15 heavy (non-hydrogen) atoms. The first kappa shape index (κ1) is 11.8. The molecule has 1 rings (SSSR count). The van der Waals surface area contributed by atoms with E-state index >= 15 is 0 Å². The number of hydrogen-bond acceptors (Lipinski definition) is 3. The van der Waals surface area contributed by atoms with Crippen LogP contribution in [-0.2, 0) is 9.53 Å². The fraction of sp³-hybridized carbons (Fsp3) is 0.800. The van der Waals surface area contributed by atoms with Crippen LogP contribution in [0.4, 0.5) is 4.79 Å². The van der Waals surface area contributed by atoms with Gasteiger partial charge in [-0.15, -0.1) is 0 Å². The minimum atomic E-state index is -0.479. The molecule has 1 aliphatic rings. The molecule has 0 spiro atoms. The number of rotatable bonds is 2. The van der Waals surface area contributed by atoms with Gasteiger partial charge >= 0.3 is 6.09 Å². The maximum atomic E-state index is 11.4. The Labute approximate surface area is 89.8 Å². The van der Waals surface area contributed by atoms with Crippen LogP contribution in [-0.4, -0.2) is 42.1 Å². The zero-order valence-corrected chi connectivity index (χ0v) is 9.45. The van der Waals surface area contributed by atoms with Gasteiger partial charge in [0.2, 0.25) is 6.41 Å². The molecule has 0 unspecified atom stereocenters. The molecule has 1 heterocycles. The molecule has 1 atom stereocenters. The summed E-state index contributed by atoms with van der Waals surface area (Å²) in [5, 5.41) is 2.74. The van der Waals surface area contributed by atoms with Crippen molar-refractivity contribution in [3.63, 3.8) is 0 Å². The molecule has 1 fully saturated rings. The van der Waals surface area contributed by atoms with Crippen molar-refractivity contribution in [2.75, 3.05) is 13.1 Å². The molecule has 1 saturated heterocycles. The van der Waals surface area contributed by atoms with Crippen LogP contribution >= 0.6 is 0 Å². The average Bonchev–Trinajstić information content (AvgIpc) is 2.48. The molecule has 2 amide bonds. The van der Waals surface area contributed by atoms with Crippen molar-refractivity contribution in [2.24, 2.45) is 0 Å². The van der Waals surface area contributed by atoms with Crippen molar-refractivity contribution in [1.29, 1.82) is 0 Å². The van der Waals surface area contributed by atoms with Crippen LogP contribution in [0.2, 0.25) is 0 Å². The summed E-state index contributed by atoms with van der Waals surface area (Å²) in [6.07, 6.45) is 1.18. The summed E-state index contributed by atoms with van der Waals surface area (Å²) in [6.45, 7) is 6.73. The topological polar surface area (TPSA) is 58.6 Å². The molecule has 0 bridgehead atoms. The third kappa shape index (κ3) is 4.18. The highest BCUT2D eigenvalue weighted by Gasteiger charge is 2.24. The molecule has 0 aromatic heterocycles. The van der Waals surface area contributed by atoms with Crippen molar-refractivity contribution >= 4 is 12.5 Å². The van der Waals surface area contributed by atoms with Crippen molar-refractivity contribution < 1.29 is 14.3 Å². The molecular weight excluding hydrogens is 196 g/mol. The van der Waals surface area contributed by atoms with Crippen molar-refractivity contribution in [3.8, 4) is 0 Å². The monoisotopic (exact) mass is 214 g/mol. The normalized spacial score (nSPS) is 21.3. The SMILES string of the molecule is CC(C)(C)OC(=O)N[C@@H]1CCN(C=O)C1. The van der Waals surface area contributed by atoms with Gasteiger partial charge in [0.15, 0.2) is 0 Å². The Morgan fingerprint density at radius 3 is 2.67 bits per heavy atom. The second-order valence-electron chi connectivity index (χ2n) is 4.73. The smallest absolute Gasteiger partial charge is 0.407 e. The fourth-order valence-electron chi connectivity index (χ4n) is 1.48. The number of ether oxygens (including phenoxy) is 1. The Kier molecular flexibility index (Phi) is 3.55. The van der Waals surface area contributed by atoms with Crippen molar-refractivity contribution in [1.82, 2.24) is 10.2 Å². The number of carbonyl (C=O) groups excluding carboxylic acids is 2. The molecule has 0 saturated carbocycles. The second kappa shape index (κ2) is 4.51. The largest absolute Gasteiger partial charge is 0.444 e. The maximum Gasteiger partial charge on any atom is 0.407 e. The second-order valence-corrected chi connectivity index (χ2v) is 4.73. The van der Waals surface area contributed by atoms with Crippen LogP contribution in [0.15, 0.2) is 0 Å². The lowest BCUT2D eigenvalue weighted by Crippen LogP contribution is -2.40. The molecule has 86 valence electrons. The van der Waals surface area contributed by atoms with Crippen LogP contribution in [0, 0.1) is 0 Å². The first-order valence-electron chi connectivity index (χ1n) is 5.09. The van der Waals surface area contributed by atoms with Crippen molar-refractivity contribution in [3.05, 3.63) is 0 Å². The van der Waals surface area contributed by atoms with E-state index in [1.807, 2.05) is 20.8 Å². The van der Waals surface area contributed by atoms with Crippen LogP contribution in [0.1, 0.15) is 27.2 Å². The molecular formula is C10H18N2O3. The highest BCUT2D eigenvalue weighted by atomic mass is 16.6. The number of alkyl carbamates (subject to hydrolysis) is 1. The third-order valence-electron chi connectivity index (χ3n) is 2.09. The Morgan fingerprint density at radius 2 is 2.20 bits per heavy atom. The average molecular weight is 214 g/mol. The molecule has 0 aromatic rings. The molecule has 5 nitrogen and oxygen atoms in total. The lowest BCUT2D eigenvalue weighted by Gasteiger charge is -2.21. The lowest BCUT2D eigenvalue weighted by molar-refractivity contribution is -0.117. The van der Waals surface area contributed by atoms with Gasteiger partial charge in [0, 0.05) is 13.1 Å². The van der Waals surface area contributed by atoms with E-state index in [0.29, 0.717) is 13.1 Å². The summed E-state index contributed by atoms with van der Waals surface area (Å²) in [5.74, 6) is 0. The summed E-state index contributed by atoms with van der Waals surface area (Å²) in [5.41, 5.74) is -0.479. The van der Waals surface area contributed by atoms with Gasteiger partial charge in [-0.1, -0.05) is 0 Å². The summed E-state index contributed by atoms with van der Waals surface area (Å²) < 4.78 is 5.11. The van der Waals surface area contributed by atoms with Gasteiger partial charge in [0.1, 0.15) is 5.60 Å². The molecule has 5 heteroatoms. The first-order chi connectivity index (χ1) is 6.90.